The number of benzene rings is 1. The molecule has 0 aliphatic rings. The first-order chi connectivity index (χ1) is 6.60. The van der Waals surface area contributed by atoms with Crippen LogP contribution in [0.3, 0.4) is 0 Å². The number of hydrogen-bond donors (Lipinski definition) is 0. The van der Waals surface area contributed by atoms with Crippen LogP contribution in [0.5, 0.6) is 0 Å². The molecule has 3 nitrogen and oxygen atoms in total. The average Bonchev–Trinajstić information content (AvgIpc) is 2.18. The minimum absolute atomic E-state index is 0.114. The van der Waals surface area contributed by atoms with Crippen molar-refractivity contribution >= 4 is 32.4 Å². The zero-order chi connectivity index (χ0) is 10.6. The van der Waals surface area contributed by atoms with E-state index in [0.717, 1.165) is 0 Å². The lowest BCUT2D eigenvalue weighted by Crippen LogP contribution is -2.07. The predicted molar refractivity (Wildman–Crippen MR) is 62.1 cm³/mol. The molecule has 1 aromatic carbocycles. The maximum Gasteiger partial charge on any atom is 0.179 e. The molecule has 74 valence electrons. The standard InChI is InChI=1S/C9H8INO2S/c10-4-5-14(12,13)9-3-1-2-8(6-9)7-11/h1-3,6H,4-5H2. The van der Waals surface area contributed by atoms with Gasteiger partial charge in [0, 0.05) is 4.43 Å². The smallest absolute Gasteiger partial charge is 0.179 e. The number of nitriles is 1. The van der Waals surface area contributed by atoms with Gasteiger partial charge in [0.2, 0.25) is 0 Å². The summed E-state index contributed by atoms with van der Waals surface area (Å²) in [5.74, 6) is 0.114. The van der Waals surface area contributed by atoms with Crippen LogP contribution < -0.4 is 0 Å². The van der Waals surface area contributed by atoms with Crippen molar-refractivity contribution < 1.29 is 8.42 Å². The van der Waals surface area contributed by atoms with E-state index in [1.165, 1.54) is 12.1 Å². The van der Waals surface area contributed by atoms with E-state index in [1.807, 2.05) is 28.7 Å². The third kappa shape index (κ3) is 2.69. The highest BCUT2D eigenvalue weighted by atomic mass is 127. The van der Waals surface area contributed by atoms with Crippen LogP contribution in [-0.4, -0.2) is 18.6 Å². The molecule has 0 N–H and O–H groups in total. The predicted octanol–water partition coefficient (Wildman–Crippen LogP) is 1.77. The molecule has 0 unspecified atom stereocenters. The van der Waals surface area contributed by atoms with Crippen molar-refractivity contribution in [3.63, 3.8) is 0 Å². The summed E-state index contributed by atoms with van der Waals surface area (Å²) in [4.78, 5) is 0.230. The van der Waals surface area contributed by atoms with Crippen LogP contribution in [0.4, 0.5) is 0 Å². The number of alkyl halides is 1. The highest BCUT2D eigenvalue weighted by Gasteiger charge is 2.13. The molecule has 0 fully saturated rings. The number of rotatable bonds is 3. The van der Waals surface area contributed by atoms with Gasteiger partial charge in [-0.15, -0.1) is 0 Å². The van der Waals surface area contributed by atoms with E-state index < -0.39 is 9.84 Å². The third-order valence-corrected chi connectivity index (χ3v) is 4.65. The van der Waals surface area contributed by atoms with Crippen LogP contribution >= 0.6 is 22.6 Å². The average molecular weight is 321 g/mol. The number of nitrogens with zero attached hydrogens (tertiary/aromatic N) is 1. The number of halogens is 1. The van der Waals surface area contributed by atoms with Crippen LogP contribution in [0.25, 0.3) is 0 Å². The Hall–Kier alpha value is -0.610. The minimum Gasteiger partial charge on any atom is -0.224 e. The van der Waals surface area contributed by atoms with Gasteiger partial charge in [0.25, 0.3) is 0 Å². The molecule has 0 atom stereocenters. The Labute approximate surface area is 96.8 Å². The maximum absolute atomic E-state index is 11.6. The van der Waals surface area contributed by atoms with Gasteiger partial charge in [-0.25, -0.2) is 8.42 Å². The van der Waals surface area contributed by atoms with Crippen LogP contribution in [0, 0.1) is 11.3 Å². The molecule has 0 aliphatic heterocycles. The Morgan fingerprint density at radius 2 is 2.14 bits per heavy atom. The Balaban J connectivity index is 3.15. The normalized spacial score (nSPS) is 10.9. The van der Waals surface area contributed by atoms with Crippen molar-refractivity contribution in [3.05, 3.63) is 29.8 Å². The Morgan fingerprint density at radius 1 is 1.43 bits per heavy atom. The SMILES string of the molecule is N#Cc1cccc(S(=O)(=O)CCI)c1. The molecule has 0 aromatic heterocycles. The van der Waals surface area contributed by atoms with Crippen LogP contribution in [-0.2, 0) is 9.84 Å². The second kappa shape index (κ2) is 4.75. The van der Waals surface area contributed by atoms with Crippen molar-refractivity contribution in [1.82, 2.24) is 0 Å². The van der Waals surface area contributed by atoms with E-state index in [4.69, 9.17) is 5.26 Å². The van der Waals surface area contributed by atoms with Crippen LogP contribution in [0.15, 0.2) is 29.2 Å². The summed E-state index contributed by atoms with van der Waals surface area (Å²) >= 11 is 2.01. The molecule has 5 heteroatoms. The summed E-state index contributed by atoms with van der Waals surface area (Å²) in [5, 5.41) is 8.61. The lowest BCUT2D eigenvalue weighted by atomic mass is 10.2. The largest absolute Gasteiger partial charge is 0.224 e. The molecule has 1 aromatic rings. The molecule has 0 spiro atoms. The van der Waals surface area contributed by atoms with Crippen molar-refractivity contribution in [2.24, 2.45) is 0 Å². The van der Waals surface area contributed by atoms with Crippen molar-refractivity contribution in [2.45, 2.75) is 4.90 Å². The molecule has 1 rings (SSSR count). The zero-order valence-electron chi connectivity index (χ0n) is 7.27. The summed E-state index contributed by atoms with van der Waals surface area (Å²) in [6, 6.07) is 8.00. The molecule has 0 amide bonds. The third-order valence-electron chi connectivity index (χ3n) is 1.67. The summed E-state index contributed by atoms with van der Waals surface area (Å²) in [7, 11) is -3.20. The van der Waals surface area contributed by atoms with Gasteiger partial charge in [0.1, 0.15) is 0 Å². The van der Waals surface area contributed by atoms with E-state index in [1.54, 1.807) is 12.1 Å². The van der Waals surface area contributed by atoms with E-state index >= 15 is 0 Å². The molecule has 0 saturated heterocycles. The number of hydrogen-bond acceptors (Lipinski definition) is 3. The molecule has 14 heavy (non-hydrogen) atoms. The highest BCUT2D eigenvalue weighted by molar-refractivity contribution is 14.1. The summed E-state index contributed by atoms with van der Waals surface area (Å²) < 4.78 is 23.7. The first kappa shape index (κ1) is 11.5. The van der Waals surface area contributed by atoms with Crippen LogP contribution in [0.2, 0.25) is 0 Å². The fourth-order valence-corrected chi connectivity index (χ4v) is 3.75. The molecule has 0 aliphatic carbocycles. The lowest BCUT2D eigenvalue weighted by Gasteiger charge is -2.01. The molecular weight excluding hydrogens is 313 g/mol. The van der Waals surface area contributed by atoms with Crippen LogP contribution in [0.1, 0.15) is 5.56 Å². The van der Waals surface area contributed by atoms with Crippen molar-refractivity contribution in [1.29, 1.82) is 5.26 Å². The van der Waals surface area contributed by atoms with E-state index in [2.05, 4.69) is 0 Å². The highest BCUT2D eigenvalue weighted by Crippen LogP contribution is 2.13. The molecule has 0 bridgehead atoms. The maximum atomic E-state index is 11.6. The first-order valence-electron chi connectivity index (χ1n) is 3.89. The van der Waals surface area contributed by atoms with Gasteiger partial charge in [-0.2, -0.15) is 5.26 Å². The molecule has 0 radical (unpaired) electrons. The van der Waals surface area contributed by atoms with Gasteiger partial charge >= 0.3 is 0 Å². The second-order valence-corrected chi connectivity index (χ2v) is 5.84. The van der Waals surface area contributed by atoms with E-state index in [9.17, 15) is 8.42 Å². The molecular formula is C9H8INO2S. The fourth-order valence-electron chi connectivity index (χ4n) is 0.979. The quantitative estimate of drug-likeness (QED) is 0.630. The number of sulfone groups is 1. The fraction of sp³-hybridized carbons (Fsp3) is 0.222. The monoisotopic (exact) mass is 321 g/mol. The molecule has 0 heterocycles. The summed E-state index contributed by atoms with van der Waals surface area (Å²) in [6.45, 7) is 0. The van der Waals surface area contributed by atoms with Gasteiger partial charge in [0.15, 0.2) is 9.84 Å². The lowest BCUT2D eigenvalue weighted by molar-refractivity contribution is 0.598. The Morgan fingerprint density at radius 3 is 2.71 bits per heavy atom. The Bertz CT molecular complexity index is 462. The van der Waals surface area contributed by atoms with E-state index in [0.29, 0.717) is 9.99 Å². The van der Waals surface area contributed by atoms with Gasteiger partial charge in [0.05, 0.1) is 22.3 Å². The van der Waals surface area contributed by atoms with Gasteiger partial charge < -0.3 is 0 Å². The summed E-state index contributed by atoms with van der Waals surface area (Å²) in [5.41, 5.74) is 0.375. The second-order valence-electron chi connectivity index (χ2n) is 2.65. The van der Waals surface area contributed by atoms with Crippen molar-refractivity contribution in [2.75, 3.05) is 10.2 Å². The van der Waals surface area contributed by atoms with Crippen molar-refractivity contribution in [3.8, 4) is 6.07 Å². The van der Waals surface area contributed by atoms with Gasteiger partial charge in [-0.05, 0) is 18.2 Å². The summed E-state index contributed by atoms with van der Waals surface area (Å²) in [6.07, 6.45) is 0. The minimum atomic E-state index is -3.20. The van der Waals surface area contributed by atoms with E-state index in [-0.39, 0.29) is 10.6 Å². The van der Waals surface area contributed by atoms with Gasteiger partial charge in [-0.1, -0.05) is 28.7 Å². The topological polar surface area (TPSA) is 57.9 Å². The molecule has 0 saturated carbocycles. The first-order valence-corrected chi connectivity index (χ1v) is 7.07. The zero-order valence-corrected chi connectivity index (χ0v) is 10.2. The van der Waals surface area contributed by atoms with Gasteiger partial charge in [-0.3, -0.25) is 0 Å². The Kier molecular flexibility index (Phi) is 3.89.